The van der Waals surface area contributed by atoms with Gasteiger partial charge >= 0.3 is 0 Å². The summed E-state index contributed by atoms with van der Waals surface area (Å²) in [6, 6.07) is 37.6. The van der Waals surface area contributed by atoms with Gasteiger partial charge < -0.3 is 0 Å². The van der Waals surface area contributed by atoms with Gasteiger partial charge in [0.15, 0.2) is 0 Å². The summed E-state index contributed by atoms with van der Waals surface area (Å²) in [5.41, 5.74) is 3.67. The van der Waals surface area contributed by atoms with Crippen LogP contribution in [-0.4, -0.2) is 16.5 Å². The van der Waals surface area contributed by atoms with Crippen LogP contribution in [0, 0.1) is 6.92 Å². The fourth-order valence-corrected chi connectivity index (χ4v) is 8.43. The Morgan fingerprint density at radius 1 is 0.743 bits per heavy atom. The van der Waals surface area contributed by atoms with Crippen LogP contribution >= 0.6 is 0 Å². The number of rotatable bonds is 8. The van der Waals surface area contributed by atoms with E-state index >= 15 is 0 Å². The van der Waals surface area contributed by atoms with Gasteiger partial charge in [0.05, 0.1) is 18.7 Å². The summed E-state index contributed by atoms with van der Waals surface area (Å²) in [7, 11) is -5.88. The first-order valence-electron chi connectivity index (χ1n) is 11.7. The molecule has 3 nitrogen and oxygen atoms in total. The maximum Gasteiger partial charge on any atom is 0.261 e. The number of hydrogen-bond donors (Lipinski definition) is 1. The summed E-state index contributed by atoms with van der Waals surface area (Å²) in [5, 5.41) is 1.32. The number of aryl methyl sites for hydroxylation is 1. The molecule has 0 spiro atoms. The molecule has 35 heavy (non-hydrogen) atoms. The third kappa shape index (κ3) is 5.81. The maximum absolute atomic E-state index is 13.4. The van der Waals surface area contributed by atoms with Gasteiger partial charge in [-0.25, -0.2) is 8.42 Å². The van der Waals surface area contributed by atoms with E-state index < -0.39 is 18.1 Å². The topological polar surface area (TPSA) is 46.2 Å². The lowest BCUT2D eigenvalue weighted by atomic mass is 10.1. The fraction of sp³-hybridized carbons (Fsp3) is 0.133. The number of benzene rings is 4. The van der Waals surface area contributed by atoms with Gasteiger partial charge in [0, 0.05) is 5.54 Å². The van der Waals surface area contributed by atoms with Crippen molar-refractivity contribution in [1.82, 2.24) is 4.72 Å². The Bertz CT molecular complexity index is 1380. The van der Waals surface area contributed by atoms with Crippen LogP contribution in [0.1, 0.15) is 22.2 Å². The van der Waals surface area contributed by atoms with Crippen LogP contribution in [0.25, 0.3) is 5.70 Å². The Hall–Kier alpha value is -3.41. The molecule has 0 heterocycles. The average Bonchev–Trinajstić information content (AvgIpc) is 2.88. The molecule has 0 aromatic heterocycles. The molecule has 0 aliphatic heterocycles. The second-order valence-corrected chi connectivity index (χ2v) is 15.7. The molecule has 0 bridgehead atoms. The molecule has 1 unspecified atom stereocenters. The molecular formula is C30H31NO2SSi. The number of allylic oxidation sites excluding steroid dienone is 1. The highest BCUT2D eigenvalue weighted by molar-refractivity contribution is 7.89. The van der Waals surface area contributed by atoms with Crippen LogP contribution in [0.4, 0.5) is 0 Å². The molecule has 4 aromatic rings. The van der Waals surface area contributed by atoms with Gasteiger partial charge in [0.25, 0.3) is 10.0 Å². The molecule has 0 saturated heterocycles. The summed E-state index contributed by atoms with van der Waals surface area (Å²) in [6.07, 6.45) is 2.12. The van der Waals surface area contributed by atoms with E-state index in [1.807, 2.05) is 73.7 Å². The third-order valence-corrected chi connectivity index (χ3v) is 11.7. The van der Waals surface area contributed by atoms with Crippen LogP contribution in [-0.2, 0) is 10.0 Å². The van der Waals surface area contributed by atoms with Crippen LogP contribution in [0.15, 0.2) is 126 Å². The SMILES string of the molecule is Cc1ccc(S(=O)(=O)NC(=CC(c2ccccc2)[Si](C)(C)c2ccccc2)c2ccccc2)cc1. The molecule has 0 radical (unpaired) electrons. The molecule has 0 amide bonds. The minimum absolute atomic E-state index is 0.0435. The fourth-order valence-electron chi connectivity index (χ4n) is 4.32. The highest BCUT2D eigenvalue weighted by Crippen LogP contribution is 2.32. The van der Waals surface area contributed by atoms with Gasteiger partial charge in [0.2, 0.25) is 0 Å². The second kappa shape index (κ2) is 10.5. The lowest BCUT2D eigenvalue weighted by Gasteiger charge is -2.32. The Kier molecular flexibility index (Phi) is 7.38. The highest BCUT2D eigenvalue weighted by atomic mass is 32.2. The first kappa shape index (κ1) is 24.7. The molecule has 0 fully saturated rings. The molecule has 1 atom stereocenters. The summed E-state index contributed by atoms with van der Waals surface area (Å²) in [6.45, 7) is 6.63. The van der Waals surface area contributed by atoms with E-state index in [1.165, 1.54) is 10.8 Å². The zero-order valence-electron chi connectivity index (χ0n) is 20.3. The van der Waals surface area contributed by atoms with E-state index in [4.69, 9.17) is 0 Å². The van der Waals surface area contributed by atoms with Gasteiger partial charge in [-0.3, -0.25) is 4.72 Å². The lowest BCUT2D eigenvalue weighted by Crippen LogP contribution is -2.47. The van der Waals surface area contributed by atoms with Gasteiger partial charge in [-0.2, -0.15) is 0 Å². The van der Waals surface area contributed by atoms with Crippen molar-refractivity contribution in [2.75, 3.05) is 0 Å². The molecule has 0 aliphatic carbocycles. The summed E-state index contributed by atoms with van der Waals surface area (Å²) >= 11 is 0. The van der Waals surface area contributed by atoms with Crippen molar-refractivity contribution in [3.63, 3.8) is 0 Å². The molecule has 0 saturated carbocycles. The van der Waals surface area contributed by atoms with Gasteiger partial charge in [-0.15, -0.1) is 0 Å². The molecular weight excluding hydrogens is 466 g/mol. The lowest BCUT2D eigenvalue weighted by molar-refractivity contribution is 0.591. The minimum Gasteiger partial charge on any atom is -0.279 e. The van der Waals surface area contributed by atoms with E-state index in [0.29, 0.717) is 5.70 Å². The standard InChI is InChI=1S/C30H31NO2SSi/c1-24-19-21-27(22-20-24)34(32,33)31-29(25-13-7-4-8-14-25)23-30(26-15-9-5-10-16-26)35(2,3)28-17-11-6-12-18-28/h4-23,30-31H,1-3H3. The van der Waals surface area contributed by atoms with Crippen molar-refractivity contribution in [3.05, 3.63) is 138 Å². The quantitative estimate of drug-likeness (QED) is 0.292. The molecule has 5 heteroatoms. The van der Waals surface area contributed by atoms with Gasteiger partial charge in [0.1, 0.15) is 0 Å². The minimum atomic E-state index is -3.77. The van der Waals surface area contributed by atoms with Crippen molar-refractivity contribution in [2.45, 2.75) is 30.5 Å². The third-order valence-electron chi connectivity index (χ3n) is 6.45. The van der Waals surface area contributed by atoms with Crippen LogP contribution in [0.3, 0.4) is 0 Å². The summed E-state index contributed by atoms with van der Waals surface area (Å²) < 4.78 is 29.8. The van der Waals surface area contributed by atoms with Gasteiger partial charge in [-0.05, 0) is 30.2 Å². The molecule has 4 rings (SSSR count). The Balaban J connectivity index is 1.86. The van der Waals surface area contributed by atoms with Crippen LogP contribution in [0.2, 0.25) is 13.1 Å². The Morgan fingerprint density at radius 2 is 1.26 bits per heavy atom. The van der Waals surface area contributed by atoms with E-state index in [1.54, 1.807) is 12.1 Å². The van der Waals surface area contributed by atoms with E-state index in [9.17, 15) is 8.42 Å². The van der Waals surface area contributed by atoms with Crippen molar-refractivity contribution in [1.29, 1.82) is 0 Å². The first-order chi connectivity index (χ1) is 16.8. The molecule has 178 valence electrons. The molecule has 0 aliphatic rings. The Labute approximate surface area is 210 Å². The van der Waals surface area contributed by atoms with Crippen LogP contribution in [0.5, 0.6) is 0 Å². The predicted molar refractivity (Wildman–Crippen MR) is 149 cm³/mol. The number of hydrogen-bond acceptors (Lipinski definition) is 2. The van der Waals surface area contributed by atoms with E-state index in [2.05, 4.69) is 60.3 Å². The largest absolute Gasteiger partial charge is 0.279 e. The monoisotopic (exact) mass is 497 g/mol. The van der Waals surface area contributed by atoms with Gasteiger partial charge in [-0.1, -0.05) is 133 Å². The number of sulfonamides is 1. The molecule has 4 aromatic carbocycles. The predicted octanol–water partition coefficient (Wildman–Crippen LogP) is 6.25. The van der Waals surface area contributed by atoms with Crippen molar-refractivity contribution in [2.24, 2.45) is 0 Å². The second-order valence-electron chi connectivity index (χ2n) is 9.34. The molecule has 1 N–H and O–H groups in total. The van der Waals surface area contributed by atoms with Crippen LogP contribution < -0.4 is 9.91 Å². The van der Waals surface area contributed by atoms with E-state index in [0.717, 1.165) is 11.1 Å². The van der Waals surface area contributed by atoms with Crippen molar-refractivity contribution < 1.29 is 8.42 Å². The Morgan fingerprint density at radius 3 is 1.83 bits per heavy atom. The first-order valence-corrected chi connectivity index (χ1v) is 16.3. The normalized spacial score (nSPS) is 13.3. The average molecular weight is 498 g/mol. The van der Waals surface area contributed by atoms with E-state index in [-0.39, 0.29) is 10.4 Å². The zero-order valence-corrected chi connectivity index (χ0v) is 22.2. The zero-order chi connectivity index (χ0) is 24.9. The number of nitrogens with one attached hydrogen (secondary N) is 1. The highest BCUT2D eigenvalue weighted by Gasteiger charge is 2.34. The van der Waals surface area contributed by atoms with Crippen molar-refractivity contribution in [3.8, 4) is 0 Å². The summed E-state index contributed by atoms with van der Waals surface area (Å²) in [5.74, 6) is 0. The summed E-state index contributed by atoms with van der Waals surface area (Å²) in [4.78, 5) is 0.251. The van der Waals surface area contributed by atoms with Crippen molar-refractivity contribution >= 4 is 29.0 Å². The maximum atomic E-state index is 13.4. The smallest absolute Gasteiger partial charge is 0.261 e.